The summed E-state index contributed by atoms with van der Waals surface area (Å²) in [6.07, 6.45) is 0. The van der Waals surface area contributed by atoms with Gasteiger partial charge in [-0.25, -0.2) is 4.79 Å². The Balaban J connectivity index is 1.78. The molecule has 126 valence electrons. The summed E-state index contributed by atoms with van der Waals surface area (Å²) in [6.45, 7) is 0. The fraction of sp³-hybridized carbons (Fsp3) is 0. The highest BCUT2D eigenvalue weighted by atomic mass is 16.6. The zero-order chi connectivity index (χ0) is 17.8. The molecule has 25 heavy (non-hydrogen) atoms. The lowest BCUT2D eigenvalue weighted by molar-refractivity contribution is -0.384. The van der Waals surface area contributed by atoms with Crippen LogP contribution in [0.2, 0.25) is 0 Å². The van der Waals surface area contributed by atoms with Crippen molar-refractivity contribution in [3.63, 3.8) is 0 Å². The van der Waals surface area contributed by atoms with Crippen molar-refractivity contribution in [1.29, 1.82) is 0 Å². The molecule has 1 aromatic heterocycles. The number of benzene rings is 2. The Bertz CT molecular complexity index is 918. The van der Waals surface area contributed by atoms with Gasteiger partial charge in [0, 0.05) is 23.4 Å². The molecule has 0 unspecified atom stereocenters. The molecular formula is C17H14N4O4. The minimum atomic E-state index is -0.649. The van der Waals surface area contributed by atoms with Crippen molar-refractivity contribution in [1.82, 2.24) is 4.98 Å². The highest BCUT2D eigenvalue weighted by molar-refractivity contribution is 5.87. The number of primary amides is 1. The molecule has 0 saturated heterocycles. The molecule has 0 saturated carbocycles. The van der Waals surface area contributed by atoms with E-state index in [1.165, 1.54) is 24.3 Å². The van der Waals surface area contributed by atoms with Crippen molar-refractivity contribution in [2.75, 3.05) is 5.32 Å². The van der Waals surface area contributed by atoms with Crippen LogP contribution < -0.4 is 15.8 Å². The quantitative estimate of drug-likeness (QED) is 0.482. The van der Waals surface area contributed by atoms with E-state index in [4.69, 9.17) is 10.5 Å². The Morgan fingerprint density at radius 3 is 2.52 bits per heavy atom. The smallest absolute Gasteiger partial charge is 0.317 e. The second-order valence-electron chi connectivity index (χ2n) is 5.16. The number of nitrogens with two attached hydrogens (primary N) is 1. The van der Waals surface area contributed by atoms with Crippen LogP contribution in [0.25, 0.3) is 11.3 Å². The van der Waals surface area contributed by atoms with Crippen LogP contribution in [-0.4, -0.2) is 15.9 Å². The summed E-state index contributed by atoms with van der Waals surface area (Å²) in [5.41, 5.74) is 6.70. The van der Waals surface area contributed by atoms with Crippen molar-refractivity contribution < 1.29 is 14.5 Å². The summed E-state index contributed by atoms with van der Waals surface area (Å²) in [5.74, 6) is 1.56. The fourth-order valence-electron chi connectivity index (χ4n) is 2.27. The lowest BCUT2D eigenvalue weighted by Crippen LogP contribution is -2.19. The number of rotatable bonds is 5. The van der Waals surface area contributed by atoms with E-state index < -0.39 is 11.0 Å². The first kappa shape index (κ1) is 16.1. The maximum absolute atomic E-state index is 10.9. The van der Waals surface area contributed by atoms with Gasteiger partial charge in [-0.1, -0.05) is 12.1 Å². The van der Waals surface area contributed by atoms with Crippen LogP contribution in [0.1, 0.15) is 0 Å². The van der Waals surface area contributed by atoms with E-state index in [1.54, 1.807) is 24.3 Å². The third-order valence-corrected chi connectivity index (χ3v) is 3.37. The van der Waals surface area contributed by atoms with Crippen LogP contribution in [0.5, 0.6) is 11.5 Å². The number of nitrogens with one attached hydrogen (secondary N) is 2. The number of nitrogens with zero attached hydrogens (tertiary/aromatic N) is 1. The number of anilines is 1. The van der Waals surface area contributed by atoms with Gasteiger partial charge in [-0.2, -0.15) is 0 Å². The molecule has 3 rings (SSSR count). The summed E-state index contributed by atoms with van der Waals surface area (Å²) in [5, 5.41) is 13.1. The van der Waals surface area contributed by atoms with E-state index in [1.807, 2.05) is 12.1 Å². The number of hydrogen-bond donors (Lipinski definition) is 3. The minimum absolute atomic E-state index is 0.00182. The van der Waals surface area contributed by atoms with Crippen molar-refractivity contribution in [2.24, 2.45) is 5.73 Å². The summed E-state index contributed by atoms with van der Waals surface area (Å²) in [6, 6.07) is 16.0. The third kappa shape index (κ3) is 3.94. The summed E-state index contributed by atoms with van der Waals surface area (Å²) < 4.78 is 5.72. The molecule has 4 N–H and O–H groups in total. The molecule has 8 nitrogen and oxygen atoms in total. The number of nitro groups is 1. The molecule has 2 amide bonds. The summed E-state index contributed by atoms with van der Waals surface area (Å²) >= 11 is 0. The van der Waals surface area contributed by atoms with E-state index in [9.17, 15) is 14.9 Å². The van der Waals surface area contributed by atoms with Gasteiger partial charge in [0.15, 0.2) is 0 Å². The molecule has 0 spiro atoms. The van der Waals surface area contributed by atoms with Gasteiger partial charge in [0.05, 0.1) is 4.92 Å². The van der Waals surface area contributed by atoms with Gasteiger partial charge >= 0.3 is 6.03 Å². The first-order valence-corrected chi connectivity index (χ1v) is 7.29. The molecule has 8 heteroatoms. The van der Waals surface area contributed by atoms with Crippen LogP contribution in [0.15, 0.2) is 60.7 Å². The molecule has 1 heterocycles. The number of carbonyl (C=O) groups is 1. The summed E-state index contributed by atoms with van der Waals surface area (Å²) in [7, 11) is 0. The Labute approximate surface area is 142 Å². The Kier molecular flexibility index (Phi) is 4.34. The minimum Gasteiger partial charge on any atom is -0.457 e. The number of hydrogen-bond acceptors (Lipinski definition) is 4. The largest absolute Gasteiger partial charge is 0.457 e. The molecule has 0 aliphatic heterocycles. The topological polar surface area (TPSA) is 123 Å². The normalized spacial score (nSPS) is 10.2. The molecule has 0 aliphatic rings. The fourth-order valence-corrected chi connectivity index (χ4v) is 2.27. The predicted molar refractivity (Wildman–Crippen MR) is 92.6 cm³/mol. The molecule has 0 fully saturated rings. The second-order valence-corrected chi connectivity index (χ2v) is 5.16. The Hall–Kier alpha value is -3.81. The van der Waals surface area contributed by atoms with Gasteiger partial charge in [-0.05, 0) is 36.4 Å². The SMILES string of the molecule is NC(=O)Nc1ccc(-c2cccc(Oc3ccc([N+](=O)[O-])cc3)c2)[nH]1. The first-order chi connectivity index (χ1) is 12.0. The lowest BCUT2D eigenvalue weighted by atomic mass is 10.1. The number of urea groups is 1. The molecule has 0 radical (unpaired) electrons. The highest BCUT2D eigenvalue weighted by Crippen LogP contribution is 2.28. The van der Waals surface area contributed by atoms with Crippen LogP contribution in [-0.2, 0) is 0 Å². The van der Waals surface area contributed by atoms with Gasteiger partial charge in [0.2, 0.25) is 0 Å². The number of amides is 2. The molecule has 0 atom stereocenters. The standard InChI is InChI=1S/C17H14N4O4/c18-17(22)20-16-9-8-15(19-16)11-2-1-3-14(10-11)25-13-6-4-12(5-7-13)21(23)24/h1-10,19H,(H3,18,20,22). The van der Waals surface area contributed by atoms with Crippen molar-refractivity contribution in [3.05, 3.63) is 70.8 Å². The van der Waals surface area contributed by atoms with Crippen LogP contribution in [0, 0.1) is 10.1 Å². The van der Waals surface area contributed by atoms with E-state index in [-0.39, 0.29) is 5.69 Å². The zero-order valence-corrected chi connectivity index (χ0v) is 12.9. The average molecular weight is 338 g/mol. The van der Waals surface area contributed by atoms with Gasteiger partial charge in [-0.15, -0.1) is 0 Å². The number of aromatic nitrogens is 1. The Morgan fingerprint density at radius 2 is 1.84 bits per heavy atom. The zero-order valence-electron chi connectivity index (χ0n) is 12.9. The average Bonchev–Trinajstić information content (AvgIpc) is 3.03. The third-order valence-electron chi connectivity index (χ3n) is 3.37. The molecular weight excluding hydrogens is 324 g/mol. The molecule has 0 bridgehead atoms. The van der Waals surface area contributed by atoms with Crippen molar-refractivity contribution >= 4 is 17.5 Å². The number of carbonyl (C=O) groups excluding carboxylic acids is 1. The van der Waals surface area contributed by atoms with E-state index in [0.717, 1.165) is 11.3 Å². The van der Waals surface area contributed by atoms with Crippen molar-refractivity contribution in [3.8, 4) is 22.8 Å². The molecule has 0 aliphatic carbocycles. The maximum atomic E-state index is 10.9. The number of aromatic amines is 1. The maximum Gasteiger partial charge on any atom is 0.317 e. The van der Waals surface area contributed by atoms with E-state index in [2.05, 4.69) is 10.3 Å². The van der Waals surface area contributed by atoms with Crippen LogP contribution in [0.4, 0.5) is 16.3 Å². The predicted octanol–water partition coefficient (Wildman–Crippen LogP) is 3.87. The summed E-state index contributed by atoms with van der Waals surface area (Å²) in [4.78, 5) is 24.1. The van der Waals surface area contributed by atoms with Gasteiger partial charge in [0.25, 0.3) is 5.69 Å². The monoisotopic (exact) mass is 338 g/mol. The molecule has 3 aromatic rings. The van der Waals surface area contributed by atoms with Gasteiger partial charge < -0.3 is 15.5 Å². The first-order valence-electron chi connectivity index (χ1n) is 7.29. The van der Waals surface area contributed by atoms with E-state index >= 15 is 0 Å². The lowest BCUT2D eigenvalue weighted by Gasteiger charge is -2.07. The van der Waals surface area contributed by atoms with Crippen LogP contribution >= 0.6 is 0 Å². The number of H-pyrrole nitrogens is 1. The second kappa shape index (κ2) is 6.75. The Morgan fingerprint density at radius 1 is 1.08 bits per heavy atom. The van der Waals surface area contributed by atoms with Crippen LogP contribution in [0.3, 0.4) is 0 Å². The van der Waals surface area contributed by atoms with Crippen molar-refractivity contribution in [2.45, 2.75) is 0 Å². The highest BCUT2D eigenvalue weighted by Gasteiger charge is 2.07. The number of nitro benzene ring substituents is 1. The van der Waals surface area contributed by atoms with Gasteiger partial charge in [-0.3, -0.25) is 15.4 Å². The van der Waals surface area contributed by atoms with Gasteiger partial charge in [0.1, 0.15) is 17.3 Å². The molecule has 2 aromatic carbocycles. The number of non-ortho nitro benzene ring substituents is 1. The van der Waals surface area contributed by atoms with E-state index in [0.29, 0.717) is 17.3 Å². The number of ether oxygens (including phenoxy) is 1.